The highest BCUT2D eigenvalue weighted by Gasteiger charge is 2.39. The quantitative estimate of drug-likeness (QED) is 0.698. The van der Waals surface area contributed by atoms with Crippen molar-refractivity contribution in [2.24, 2.45) is 5.92 Å². The van der Waals surface area contributed by atoms with Crippen molar-refractivity contribution in [1.29, 1.82) is 0 Å². The highest BCUT2D eigenvalue weighted by atomic mass is 35.5. The van der Waals surface area contributed by atoms with E-state index < -0.39 is 0 Å². The van der Waals surface area contributed by atoms with Crippen LogP contribution in [0.1, 0.15) is 34.9 Å². The van der Waals surface area contributed by atoms with Gasteiger partial charge in [-0.05, 0) is 67.5 Å². The molecular formula is C17H18ClNS. The lowest BCUT2D eigenvalue weighted by Gasteiger charge is -2.39. The van der Waals surface area contributed by atoms with Crippen LogP contribution in [0.15, 0.2) is 30.3 Å². The summed E-state index contributed by atoms with van der Waals surface area (Å²) in [6.07, 6.45) is 3.85. The minimum Gasteiger partial charge on any atom is -0.356 e. The van der Waals surface area contributed by atoms with Crippen LogP contribution in [0.4, 0.5) is 5.00 Å². The molecule has 1 fully saturated rings. The molecule has 0 bridgehead atoms. The van der Waals surface area contributed by atoms with Crippen LogP contribution in [0.5, 0.6) is 0 Å². The zero-order valence-electron chi connectivity index (χ0n) is 11.6. The molecule has 2 heterocycles. The van der Waals surface area contributed by atoms with E-state index in [1.807, 2.05) is 11.3 Å². The van der Waals surface area contributed by atoms with E-state index in [9.17, 15) is 0 Å². The molecule has 3 heteroatoms. The topological polar surface area (TPSA) is 3.24 Å². The van der Waals surface area contributed by atoms with Gasteiger partial charge in [0.1, 0.15) is 0 Å². The Kier molecular flexibility index (Phi) is 3.04. The van der Waals surface area contributed by atoms with Crippen LogP contribution in [0.3, 0.4) is 0 Å². The molecule has 1 aliphatic heterocycles. The summed E-state index contributed by atoms with van der Waals surface area (Å²) in [5.74, 6) is 0.764. The fourth-order valence-corrected chi connectivity index (χ4v) is 4.97. The van der Waals surface area contributed by atoms with Gasteiger partial charge < -0.3 is 4.90 Å². The first-order valence-corrected chi connectivity index (χ1v) is 8.53. The van der Waals surface area contributed by atoms with Crippen LogP contribution in [0.25, 0.3) is 0 Å². The van der Waals surface area contributed by atoms with E-state index in [-0.39, 0.29) is 0 Å². The minimum atomic E-state index is 0.564. The average Bonchev–Trinajstić information content (AvgIpc) is 3.01. The van der Waals surface area contributed by atoms with Gasteiger partial charge in [0, 0.05) is 16.4 Å². The van der Waals surface area contributed by atoms with E-state index in [1.165, 1.54) is 46.8 Å². The van der Waals surface area contributed by atoms with E-state index in [0.29, 0.717) is 6.04 Å². The lowest BCUT2D eigenvalue weighted by molar-refractivity contribution is 0.352. The standard InChI is InChI=1S/C17H18ClNS/c1-11-4-7-16(20-11)19-8-2-3-12-9-13-10-14(18)5-6-15(13)17(12)19/h4-7,10,12,17H,2-3,8-9H2,1H3. The van der Waals surface area contributed by atoms with E-state index in [2.05, 4.69) is 42.2 Å². The second kappa shape index (κ2) is 4.78. The van der Waals surface area contributed by atoms with Gasteiger partial charge in [-0.2, -0.15) is 0 Å². The third kappa shape index (κ3) is 1.97. The summed E-state index contributed by atoms with van der Waals surface area (Å²) >= 11 is 8.09. The van der Waals surface area contributed by atoms with Crippen LogP contribution in [-0.2, 0) is 6.42 Å². The molecule has 0 saturated carbocycles. The third-order valence-electron chi connectivity index (χ3n) is 4.67. The molecule has 104 valence electrons. The average molecular weight is 304 g/mol. The van der Waals surface area contributed by atoms with Gasteiger partial charge in [-0.15, -0.1) is 11.3 Å². The Morgan fingerprint density at radius 2 is 2.15 bits per heavy atom. The van der Waals surface area contributed by atoms with Crippen molar-refractivity contribution in [1.82, 2.24) is 0 Å². The maximum absolute atomic E-state index is 6.17. The van der Waals surface area contributed by atoms with Crippen LogP contribution in [0, 0.1) is 12.8 Å². The van der Waals surface area contributed by atoms with Gasteiger partial charge in [-0.3, -0.25) is 0 Å². The molecule has 1 aliphatic carbocycles. The summed E-state index contributed by atoms with van der Waals surface area (Å²) in [7, 11) is 0. The number of hydrogen-bond acceptors (Lipinski definition) is 2. The number of aryl methyl sites for hydroxylation is 1. The van der Waals surface area contributed by atoms with E-state index in [0.717, 1.165) is 10.9 Å². The summed E-state index contributed by atoms with van der Waals surface area (Å²) in [5, 5.41) is 2.31. The third-order valence-corrected chi connectivity index (χ3v) is 5.94. The molecular weight excluding hydrogens is 286 g/mol. The number of anilines is 1. The first-order chi connectivity index (χ1) is 9.72. The SMILES string of the molecule is Cc1ccc(N2CCCC3Cc4cc(Cl)ccc4C32)s1. The Morgan fingerprint density at radius 1 is 1.25 bits per heavy atom. The number of piperidine rings is 1. The Labute approximate surface area is 129 Å². The minimum absolute atomic E-state index is 0.564. The number of hydrogen-bond donors (Lipinski definition) is 0. The zero-order chi connectivity index (χ0) is 13.7. The molecule has 1 aromatic carbocycles. The Hall–Kier alpha value is -0.990. The normalized spacial score (nSPS) is 24.6. The summed E-state index contributed by atoms with van der Waals surface area (Å²) in [5.41, 5.74) is 2.97. The Balaban J connectivity index is 1.76. The second-order valence-electron chi connectivity index (χ2n) is 5.97. The highest BCUT2D eigenvalue weighted by Crippen LogP contribution is 2.48. The van der Waals surface area contributed by atoms with Crippen LogP contribution >= 0.6 is 22.9 Å². The molecule has 2 aromatic rings. The fourth-order valence-electron chi connectivity index (χ4n) is 3.86. The van der Waals surface area contributed by atoms with Crippen LogP contribution in [-0.4, -0.2) is 6.54 Å². The molecule has 0 radical (unpaired) electrons. The van der Waals surface area contributed by atoms with Gasteiger partial charge in [0.15, 0.2) is 0 Å². The van der Waals surface area contributed by atoms with Crippen molar-refractivity contribution >= 4 is 27.9 Å². The summed E-state index contributed by atoms with van der Waals surface area (Å²) in [4.78, 5) is 4.03. The molecule has 0 N–H and O–H groups in total. The number of halogens is 1. The van der Waals surface area contributed by atoms with Gasteiger partial charge in [0.05, 0.1) is 11.0 Å². The zero-order valence-corrected chi connectivity index (χ0v) is 13.2. The molecule has 1 nitrogen and oxygen atoms in total. The monoisotopic (exact) mass is 303 g/mol. The summed E-state index contributed by atoms with van der Waals surface area (Å²) in [6.45, 7) is 3.38. The lowest BCUT2D eigenvalue weighted by atomic mass is 9.90. The molecule has 2 aliphatic rings. The van der Waals surface area contributed by atoms with Crippen molar-refractivity contribution in [3.63, 3.8) is 0 Å². The van der Waals surface area contributed by atoms with Crippen molar-refractivity contribution < 1.29 is 0 Å². The number of nitrogens with zero attached hydrogens (tertiary/aromatic N) is 1. The molecule has 0 amide bonds. The molecule has 2 unspecified atom stereocenters. The smallest absolute Gasteiger partial charge is 0.0916 e. The Bertz CT molecular complexity index is 648. The van der Waals surface area contributed by atoms with E-state index in [1.54, 1.807) is 0 Å². The molecule has 1 aromatic heterocycles. The van der Waals surface area contributed by atoms with Crippen molar-refractivity contribution in [3.05, 3.63) is 51.4 Å². The number of rotatable bonds is 1. The first-order valence-electron chi connectivity index (χ1n) is 7.34. The predicted molar refractivity (Wildman–Crippen MR) is 87.0 cm³/mol. The van der Waals surface area contributed by atoms with Crippen molar-refractivity contribution in [2.45, 2.75) is 32.2 Å². The largest absolute Gasteiger partial charge is 0.356 e. The van der Waals surface area contributed by atoms with Gasteiger partial charge in [0.2, 0.25) is 0 Å². The number of benzene rings is 1. The molecule has 4 rings (SSSR count). The number of fused-ring (bicyclic) bond motifs is 3. The highest BCUT2D eigenvalue weighted by molar-refractivity contribution is 7.16. The second-order valence-corrected chi connectivity index (χ2v) is 7.67. The molecule has 0 spiro atoms. The molecule has 1 saturated heterocycles. The predicted octanol–water partition coefficient (Wildman–Crippen LogP) is 5.22. The maximum Gasteiger partial charge on any atom is 0.0916 e. The number of thiophene rings is 1. The first kappa shape index (κ1) is 12.7. The van der Waals surface area contributed by atoms with Gasteiger partial charge in [0.25, 0.3) is 0 Å². The van der Waals surface area contributed by atoms with Gasteiger partial charge >= 0.3 is 0 Å². The molecule has 2 atom stereocenters. The summed E-state index contributed by atoms with van der Waals surface area (Å²) < 4.78 is 0. The Morgan fingerprint density at radius 3 is 2.95 bits per heavy atom. The summed E-state index contributed by atoms with van der Waals surface area (Å²) in [6, 6.07) is 11.6. The van der Waals surface area contributed by atoms with E-state index in [4.69, 9.17) is 11.6 Å². The van der Waals surface area contributed by atoms with Crippen molar-refractivity contribution in [3.8, 4) is 0 Å². The van der Waals surface area contributed by atoms with Gasteiger partial charge in [-0.1, -0.05) is 17.7 Å². The van der Waals surface area contributed by atoms with E-state index >= 15 is 0 Å². The lowest BCUT2D eigenvalue weighted by Crippen LogP contribution is -2.36. The van der Waals surface area contributed by atoms with Crippen molar-refractivity contribution in [2.75, 3.05) is 11.4 Å². The van der Waals surface area contributed by atoms with Crippen LogP contribution < -0.4 is 4.90 Å². The maximum atomic E-state index is 6.17. The van der Waals surface area contributed by atoms with Crippen LogP contribution in [0.2, 0.25) is 5.02 Å². The van der Waals surface area contributed by atoms with Gasteiger partial charge in [-0.25, -0.2) is 0 Å². The fraction of sp³-hybridized carbons (Fsp3) is 0.412. The molecule has 20 heavy (non-hydrogen) atoms.